The van der Waals surface area contributed by atoms with Crippen molar-refractivity contribution < 1.29 is 18.7 Å². The quantitative estimate of drug-likeness (QED) is 0.353. The van der Waals surface area contributed by atoms with Crippen LogP contribution in [0, 0.1) is 5.82 Å². The summed E-state index contributed by atoms with van der Waals surface area (Å²) in [5.41, 5.74) is 2.48. The van der Waals surface area contributed by atoms with Crippen LogP contribution in [0.1, 0.15) is 15.2 Å². The molecule has 3 aromatic carbocycles. The lowest BCUT2D eigenvalue weighted by molar-refractivity contribution is 0.103. The summed E-state index contributed by atoms with van der Waals surface area (Å²) in [5, 5.41) is 3.95. The van der Waals surface area contributed by atoms with Gasteiger partial charge in [0.2, 0.25) is 0 Å². The van der Waals surface area contributed by atoms with Crippen LogP contribution < -0.4 is 19.7 Å². The number of halogens is 1. The van der Waals surface area contributed by atoms with Gasteiger partial charge in [0.1, 0.15) is 17.3 Å². The van der Waals surface area contributed by atoms with E-state index in [4.69, 9.17) is 9.47 Å². The van der Waals surface area contributed by atoms with Gasteiger partial charge in [-0.1, -0.05) is 30.3 Å². The predicted molar refractivity (Wildman–Crippen MR) is 143 cm³/mol. The molecule has 0 aliphatic carbocycles. The molecule has 1 aliphatic rings. The highest BCUT2D eigenvalue weighted by atomic mass is 32.1. The molecule has 186 valence electrons. The van der Waals surface area contributed by atoms with Gasteiger partial charge >= 0.3 is 0 Å². The Morgan fingerprint density at radius 3 is 2.39 bits per heavy atom. The first-order valence-corrected chi connectivity index (χ1v) is 12.6. The lowest BCUT2D eigenvalue weighted by atomic mass is 10.1. The molecule has 0 saturated carbocycles. The van der Waals surface area contributed by atoms with Crippen LogP contribution in [0.2, 0.25) is 0 Å². The number of benzene rings is 3. The number of methoxy groups -OCH3 is 2. The maximum Gasteiger partial charge on any atom is 0.265 e. The highest BCUT2D eigenvalue weighted by Crippen LogP contribution is 2.39. The molecule has 1 aliphatic heterocycles. The Bertz CT molecular complexity index is 1340. The SMILES string of the molecule is COc1ccc(OC)c2sc(C(=O)Nc3ccccc3CN3CCN(c4ccccc4F)CC3)cc12. The second-order valence-corrected chi connectivity index (χ2v) is 9.70. The van der Waals surface area contributed by atoms with Crippen molar-refractivity contribution in [2.45, 2.75) is 6.54 Å². The van der Waals surface area contributed by atoms with Crippen LogP contribution in [-0.2, 0) is 6.54 Å². The molecule has 1 N–H and O–H groups in total. The number of thiophene rings is 1. The fraction of sp³-hybridized carbons (Fsp3) is 0.250. The van der Waals surface area contributed by atoms with Crippen LogP contribution in [0.25, 0.3) is 10.1 Å². The summed E-state index contributed by atoms with van der Waals surface area (Å²) in [7, 11) is 3.23. The van der Waals surface area contributed by atoms with E-state index in [0.29, 0.717) is 28.6 Å². The van der Waals surface area contributed by atoms with Crippen molar-refractivity contribution >= 4 is 38.7 Å². The average molecular weight is 506 g/mol. The minimum atomic E-state index is -0.185. The highest BCUT2D eigenvalue weighted by Gasteiger charge is 2.21. The number of carbonyl (C=O) groups is 1. The van der Waals surface area contributed by atoms with Crippen molar-refractivity contribution in [2.75, 3.05) is 50.6 Å². The lowest BCUT2D eigenvalue weighted by Crippen LogP contribution is -2.46. The average Bonchev–Trinajstić information content (AvgIpc) is 3.36. The van der Waals surface area contributed by atoms with Crippen molar-refractivity contribution in [1.29, 1.82) is 0 Å². The van der Waals surface area contributed by atoms with Gasteiger partial charge in [0.15, 0.2) is 0 Å². The molecular formula is C28H28FN3O3S. The fourth-order valence-electron chi connectivity index (χ4n) is 4.58. The topological polar surface area (TPSA) is 54.0 Å². The predicted octanol–water partition coefficient (Wildman–Crippen LogP) is 5.63. The molecule has 0 bridgehead atoms. The van der Waals surface area contributed by atoms with Crippen LogP contribution in [0.3, 0.4) is 0 Å². The summed E-state index contributed by atoms with van der Waals surface area (Å²) in [5.74, 6) is 1.06. The van der Waals surface area contributed by atoms with E-state index in [0.717, 1.165) is 47.5 Å². The number of hydrogen-bond donors (Lipinski definition) is 1. The van der Waals surface area contributed by atoms with Gasteiger partial charge in [-0.25, -0.2) is 4.39 Å². The van der Waals surface area contributed by atoms with Crippen LogP contribution in [0.4, 0.5) is 15.8 Å². The van der Waals surface area contributed by atoms with Gasteiger partial charge in [0.25, 0.3) is 5.91 Å². The normalized spacial score (nSPS) is 14.1. The van der Waals surface area contributed by atoms with E-state index in [-0.39, 0.29) is 11.7 Å². The van der Waals surface area contributed by atoms with Crippen molar-refractivity contribution in [2.24, 2.45) is 0 Å². The van der Waals surface area contributed by atoms with E-state index in [1.807, 2.05) is 54.6 Å². The Morgan fingerprint density at radius 1 is 0.944 bits per heavy atom. The second-order valence-electron chi connectivity index (χ2n) is 8.65. The number of nitrogens with zero attached hydrogens (tertiary/aromatic N) is 2. The van der Waals surface area contributed by atoms with E-state index in [9.17, 15) is 9.18 Å². The Kier molecular flexibility index (Phi) is 7.06. The maximum atomic E-state index is 14.2. The first kappa shape index (κ1) is 24.1. The second kappa shape index (κ2) is 10.6. The van der Waals surface area contributed by atoms with Gasteiger partial charge in [-0.15, -0.1) is 11.3 Å². The van der Waals surface area contributed by atoms with Gasteiger partial charge in [-0.3, -0.25) is 9.69 Å². The van der Waals surface area contributed by atoms with Crippen molar-refractivity contribution in [3.05, 3.63) is 83.0 Å². The third kappa shape index (κ3) is 4.87. The molecule has 4 aromatic rings. The van der Waals surface area contributed by atoms with Crippen LogP contribution in [-0.4, -0.2) is 51.2 Å². The van der Waals surface area contributed by atoms with Gasteiger partial charge in [-0.05, 0) is 42.0 Å². The molecule has 5 rings (SSSR count). The standard InChI is InChI=1S/C28H28FN3O3S/c1-34-24-11-12-25(35-2)27-20(24)17-26(36-27)28(33)30-22-9-5-3-7-19(22)18-31-13-15-32(16-14-31)23-10-6-4-8-21(23)29/h3-12,17H,13-16,18H2,1-2H3,(H,30,33). The third-order valence-electron chi connectivity index (χ3n) is 6.50. The zero-order valence-electron chi connectivity index (χ0n) is 20.3. The molecule has 1 amide bonds. The van der Waals surface area contributed by atoms with Gasteiger partial charge in [-0.2, -0.15) is 0 Å². The minimum Gasteiger partial charge on any atom is -0.496 e. The van der Waals surface area contributed by atoms with Crippen molar-refractivity contribution in [1.82, 2.24) is 4.90 Å². The van der Waals surface area contributed by atoms with Crippen molar-refractivity contribution in [3.8, 4) is 11.5 Å². The van der Waals surface area contributed by atoms with E-state index in [2.05, 4.69) is 15.1 Å². The number of amides is 1. The molecule has 0 atom stereocenters. The Labute approximate surface area is 213 Å². The molecule has 6 nitrogen and oxygen atoms in total. The largest absolute Gasteiger partial charge is 0.496 e. The van der Waals surface area contributed by atoms with Crippen LogP contribution in [0.15, 0.2) is 66.7 Å². The number of carbonyl (C=O) groups excluding carboxylic acids is 1. The number of ether oxygens (including phenoxy) is 2. The molecule has 1 fully saturated rings. The van der Waals surface area contributed by atoms with E-state index in [1.165, 1.54) is 17.4 Å². The Morgan fingerprint density at radius 2 is 1.64 bits per heavy atom. The Balaban J connectivity index is 1.29. The number of hydrogen-bond acceptors (Lipinski definition) is 6. The van der Waals surface area contributed by atoms with E-state index in [1.54, 1.807) is 20.3 Å². The maximum absolute atomic E-state index is 14.2. The van der Waals surface area contributed by atoms with E-state index < -0.39 is 0 Å². The third-order valence-corrected chi connectivity index (χ3v) is 7.64. The zero-order valence-corrected chi connectivity index (χ0v) is 21.1. The molecule has 0 spiro atoms. The molecule has 8 heteroatoms. The summed E-state index contributed by atoms with van der Waals surface area (Å²) >= 11 is 1.38. The summed E-state index contributed by atoms with van der Waals surface area (Å²) in [6.45, 7) is 3.83. The first-order valence-electron chi connectivity index (χ1n) is 11.8. The number of nitrogens with one attached hydrogen (secondary N) is 1. The summed E-state index contributed by atoms with van der Waals surface area (Å²) < 4.78 is 26.0. The number of piperazine rings is 1. The fourth-order valence-corrected chi connectivity index (χ4v) is 5.65. The number of para-hydroxylation sites is 2. The number of fused-ring (bicyclic) bond motifs is 1. The van der Waals surface area contributed by atoms with Gasteiger partial charge < -0.3 is 19.7 Å². The number of rotatable bonds is 7. The lowest BCUT2D eigenvalue weighted by Gasteiger charge is -2.36. The summed E-state index contributed by atoms with van der Waals surface area (Å²) in [6.07, 6.45) is 0. The van der Waals surface area contributed by atoms with Crippen LogP contribution >= 0.6 is 11.3 Å². The molecule has 2 heterocycles. The summed E-state index contributed by atoms with van der Waals surface area (Å²) in [6, 6.07) is 20.3. The van der Waals surface area contributed by atoms with Crippen molar-refractivity contribution in [3.63, 3.8) is 0 Å². The van der Waals surface area contributed by atoms with Gasteiger partial charge in [0, 0.05) is 43.8 Å². The van der Waals surface area contributed by atoms with Crippen LogP contribution in [0.5, 0.6) is 11.5 Å². The zero-order chi connectivity index (χ0) is 25.1. The molecule has 1 aromatic heterocycles. The van der Waals surface area contributed by atoms with E-state index >= 15 is 0 Å². The summed E-state index contributed by atoms with van der Waals surface area (Å²) in [4.78, 5) is 18.2. The highest BCUT2D eigenvalue weighted by molar-refractivity contribution is 7.21. The molecule has 36 heavy (non-hydrogen) atoms. The molecule has 1 saturated heterocycles. The molecule has 0 radical (unpaired) electrons. The minimum absolute atomic E-state index is 0.169. The van der Waals surface area contributed by atoms with Gasteiger partial charge in [0.05, 0.1) is 29.5 Å². The number of anilines is 2. The first-order chi connectivity index (χ1) is 17.6. The smallest absolute Gasteiger partial charge is 0.265 e. The monoisotopic (exact) mass is 505 g/mol. The molecule has 0 unspecified atom stereocenters. The molecular weight excluding hydrogens is 477 g/mol. The Hall–Kier alpha value is -3.62.